The van der Waals surface area contributed by atoms with Crippen molar-refractivity contribution in [2.45, 2.75) is 11.4 Å². The number of nitrogens with one attached hydrogen (secondary N) is 1. The minimum atomic E-state index is -4.09. The van der Waals surface area contributed by atoms with Gasteiger partial charge in [-0.3, -0.25) is 9.40 Å². The zero-order chi connectivity index (χ0) is 15.5. The van der Waals surface area contributed by atoms with Gasteiger partial charge in [0.25, 0.3) is 10.0 Å². The Labute approximate surface area is 126 Å². The molecule has 0 saturated carbocycles. The van der Waals surface area contributed by atoms with E-state index < -0.39 is 20.7 Å². The third-order valence-electron chi connectivity index (χ3n) is 2.61. The fraction of sp³-hybridized carbons (Fsp3) is 0.250. The Balaban J connectivity index is 2.21. The average Bonchev–Trinajstić information content (AvgIpc) is 2.86. The van der Waals surface area contributed by atoms with Crippen LogP contribution in [0.4, 0.5) is 10.2 Å². The first-order valence-electron chi connectivity index (χ1n) is 5.93. The van der Waals surface area contributed by atoms with Crippen molar-refractivity contribution in [1.82, 2.24) is 9.78 Å². The predicted molar refractivity (Wildman–Crippen MR) is 76.3 cm³/mol. The third-order valence-corrected chi connectivity index (χ3v) is 4.27. The van der Waals surface area contributed by atoms with Crippen LogP contribution in [0.1, 0.15) is 0 Å². The van der Waals surface area contributed by atoms with Gasteiger partial charge in [-0.25, -0.2) is 12.8 Å². The molecule has 0 unspecified atom stereocenters. The van der Waals surface area contributed by atoms with Crippen LogP contribution in [0, 0.1) is 5.82 Å². The summed E-state index contributed by atoms with van der Waals surface area (Å²) in [6.07, 6.45) is 1.59. The summed E-state index contributed by atoms with van der Waals surface area (Å²) in [5, 5.41) is 3.74. The number of rotatable bonds is 6. The van der Waals surface area contributed by atoms with Crippen LogP contribution in [0.3, 0.4) is 0 Å². The lowest BCUT2D eigenvalue weighted by atomic mass is 10.3. The van der Waals surface area contributed by atoms with Gasteiger partial charge >= 0.3 is 0 Å². The molecule has 0 aliphatic rings. The van der Waals surface area contributed by atoms with Gasteiger partial charge in [0.05, 0.1) is 18.2 Å². The summed E-state index contributed by atoms with van der Waals surface area (Å²) in [5.74, 6) is -0.907. The average molecular weight is 334 g/mol. The van der Waals surface area contributed by atoms with Gasteiger partial charge in [-0.2, -0.15) is 5.10 Å². The van der Waals surface area contributed by atoms with Gasteiger partial charge in [-0.05, 0) is 12.1 Å². The number of methoxy groups -OCH3 is 1. The Morgan fingerprint density at radius 3 is 2.90 bits per heavy atom. The zero-order valence-electron chi connectivity index (χ0n) is 11.1. The topological polar surface area (TPSA) is 73.2 Å². The van der Waals surface area contributed by atoms with Gasteiger partial charge in [0, 0.05) is 19.4 Å². The van der Waals surface area contributed by atoms with E-state index in [2.05, 4.69) is 9.82 Å². The molecule has 114 valence electrons. The van der Waals surface area contributed by atoms with Crippen molar-refractivity contribution in [3.8, 4) is 0 Å². The highest BCUT2D eigenvalue weighted by Gasteiger charge is 2.21. The van der Waals surface area contributed by atoms with Crippen LogP contribution in [0.15, 0.2) is 35.4 Å². The molecule has 0 radical (unpaired) electrons. The molecule has 6 nitrogen and oxygen atoms in total. The van der Waals surface area contributed by atoms with E-state index in [0.29, 0.717) is 13.2 Å². The number of halogens is 2. The summed E-state index contributed by atoms with van der Waals surface area (Å²) in [4.78, 5) is -0.526. The summed E-state index contributed by atoms with van der Waals surface area (Å²) < 4.78 is 46.6. The highest BCUT2D eigenvalue weighted by molar-refractivity contribution is 7.92. The molecule has 0 aliphatic carbocycles. The van der Waals surface area contributed by atoms with Crippen LogP contribution >= 0.6 is 11.6 Å². The van der Waals surface area contributed by atoms with Crippen molar-refractivity contribution in [2.24, 2.45) is 0 Å². The standard InChI is InChI=1S/C12H13ClFN3O3S/c1-20-8-7-17-6-5-11(15-17)16-21(18,19)10-4-2-3-9(13)12(10)14/h2-6H,7-8H2,1H3,(H,15,16). The van der Waals surface area contributed by atoms with Gasteiger partial charge in [0.1, 0.15) is 4.90 Å². The molecule has 0 fully saturated rings. The van der Waals surface area contributed by atoms with Crippen molar-refractivity contribution in [1.29, 1.82) is 0 Å². The summed E-state index contributed by atoms with van der Waals surface area (Å²) >= 11 is 5.58. The molecule has 0 aliphatic heterocycles. The van der Waals surface area contributed by atoms with E-state index in [1.165, 1.54) is 22.9 Å². The number of nitrogens with zero attached hydrogens (tertiary/aromatic N) is 2. The monoisotopic (exact) mass is 333 g/mol. The molecule has 1 aromatic carbocycles. The Morgan fingerprint density at radius 2 is 2.19 bits per heavy atom. The van der Waals surface area contributed by atoms with E-state index in [-0.39, 0.29) is 10.8 Å². The lowest BCUT2D eigenvalue weighted by Crippen LogP contribution is -2.15. The van der Waals surface area contributed by atoms with Crippen molar-refractivity contribution < 1.29 is 17.5 Å². The molecule has 0 amide bonds. The van der Waals surface area contributed by atoms with Crippen LogP contribution in [0.2, 0.25) is 5.02 Å². The highest BCUT2D eigenvalue weighted by Crippen LogP contribution is 2.23. The number of hydrogen-bond acceptors (Lipinski definition) is 4. The van der Waals surface area contributed by atoms with Crippen LogP contribution < -0.4 is 4.72 Å². The minimum absolute atomic E-state index is 0.0884. The largest absolute Gasteiger partial charge is 0.383 e. The minimum Gasteiger partial charge on any atom is -0.383 e. The third kappa shape index (κ3) is 3.72. The number of aromatic nitrogens is 2. The molecule has 1 aromatic heterocycles. The second kappa shape index (κ2) is 6.42. The lowest BCUT2D eigenvalue weighted by molar-refractivity contribution is 0.183. The molecule has 2 aromatic rings. The van der Waals surface area contributed by atoms with Crippen molar-refractivity contribution in [2.75, 3.05) is 18.4 Å². The Kier molecular flexibility index (Phi) is 4.81. The first-order valence-corrected chi connectivity index (χ1v) is 7.79. The van der Waals surface area contributed by atoms with Gasteiger partial charge in [-0.1, -0.05) is 17.7 Å². The smallest absolute Gasteiger partial charge is 0.266 e. The Bertz CT molecular complexity index is 733. The number of benzene rings is 1. The van der Waals surface area contributed by atoms with Crippen molar-refractivity contribution in [3.63, 3.8) is 0 Å². The van der Waals surface area contributed by atoms with E-state index in [1.807, 2.05) is 0 Å². The number of ether oxygens (including phenoxy) is 1. The molecule has 0 bridgehead atoms. The predicted octanol–water partition coefficient (Wildman–Crippen LogP) is 2.12. The highest BCUT2D eigenvalue weighted by atomic mass is 35.5. The van der Waals surface area contributed by atoms with Gasteiger partial charge in [0.2, 0.25) is 0 Å². The van der Waals surface area contributed by atoms with Crippen LogP contribution in [-0.2, 0) is 21.3 Å². The fourth-order valence-electron chi connectivity index (χ4n) is 1.61. The van der Waals surface area contributed by atoms with Gasteiger partial charge in [0.15, 0.2) is 11.6 Å². The second-order valence-corrected chi connectivity index (χ2v) is 6.17. The molecule has 2 rings (SSSR count). The summed E-state index contributed by atoms with van der Waals surface area (Å²) in [7, 11) is -2.54. The molecule has 0 atom stereocenters. The normalized spacial score (nSPS) is 11.6. The van der Waals surface area contributed by atoms with Crippen molar-refractivity contribution >= 4 is 27.4 Å². The molecule has 1 heterocycles. The molecule has 21 heavy (non-hydrogen) atoms. The maximum absolute atomic E-state index is 13.8. The Hall–Kier alpha value is -1.64. The molecule has 0 spiro atoms. The summed E-state index contributed by atoms with van der Waals surface area (Å²) in [6.45, 7) is 0.917. The lowest BCUT2D eigenvalue weighted by Gasteiger charge is -2.07. The van der Waals surface area contributed by atoms with E-state index in [0.717, 1.165) is 6.07 Å². The van der Waals surface area contributed by atoms with Crippen LogP contribution in [0.25, 0.3) is 0 Å². The SMILES string of the molecule is COCCn1ccc(NS(=O)(=O)c2cccc(Cl)c2F)n1. The number of hydrogen-bond donors (Lipinski definition) is 1. The van der Waals surface area contributed by atoms with Crippen LogP contribution in [0.5, 0.6) is 0 Å². The number of sulfonamides is 1. The second-order valence-electron chi connectivity index (χ2n) is 4.11. The van der Waals surface area contributed by atoms with E-state index in [1.54, 1.807) is 13.3 Å². The molecular formula is C12H13ClFN3O3S. The molecule has 1 N–H and O–H groups in total. The summed E-state index contributed by atoms with van der Waals surface area (Å²) in [5.41, 5.74) is 0. The van der Waals surface area contributed by atoms with E-state index in [9.17, 15) is 12.8 Å². The first-order chi connectivity index (χ1) is 9.94. The first kappa shape index (κ1) is 15.7. The molecule has 9 heteroatoms. The van der Waals surface area contributed by atoms with Crippen molar-refractivity contribution in [3.05, 3.63) is 41.3 Å². The van der Waals surface area contributed by atoms with E-state index >= 15 is 0 Å². The van der Waals surface area contributed by atoms with E-state index in [4.69, 9.17) is 16.3 Å². The van der Waals surface area contributed by atoms with Gasteiger partial charge < -0.3 is 4.74 Å². The zero-order valence-corrected chi connectivity index (χ0v) is 12.7. The summed E-state index contributed by atoms with van der Waals surface area (Å²) in [6, 6.07) is 5.23. The fourth-order valence-corrected chi connectivity index (χ4v) is 2.94. The van der Waals surface area contributed by atoms with Gasteiger partial charge in [-0.15, -0.1) is 0 Å². The molecule has 0 saturated heterocycles. The molecular weight excluding hydrogens is 321 g/mol. The maximum Gasteiger partial charge on any atom is 0.266 e. The maximum atomic E-state index is 13.8. The quantitative estimate of drug-likeness (QED) is 0.878. The number of anilines is 1. The Morgan fingerprint density at radius 1 is 1.43 bits per heavy atom. The van der Waals surface area contributed by atoms with Crippen LogP contribution in [-0.4, -0.2) is 31.9 Å².